The largest absolute Gasteiger partial charge is 0.394 e. The number of carbonyl (C=O) groups excluding carboxylic acids is 3. The van der Waals surface area contributed by atoms with Gasteiger partial charge in [0, 0.05) is 6.21 Å². The molecule has 2 N–H and O–H groups in total. The van der Waals surface area contributed by atoms with E-state index >= 15 is 0 Å². The van der Waals surface area contributed by atoms with Crippen molar-refractivity contribution in [2.75, 3.05) is 18.1 Å². The van der Waals surface area contributed by atoms with Crippen molar-refractivity contribution >= 4 is 29.7 Å². The van der Waals surface area contributed by atoms with Crippen LogP contribution in [0.25, 0.3) is 0 Å². The number of rotatable bonds is 4. The molecule has 1 aliphatic heterocycles. The van der Waals surface area contributed by atoms with E-state index in [-0.39, 0.29) is 13.2 Å². The first-order valence-corrected chi connectivity index (χ1v) is 6.00. The minimum atomic E-state index is -1.17. The molecule has 0 aromatic heterocycles. The van der Waals surface area contributed by atoms with Gasteiger partial charge in [0.1, 0.15) is 0 Å². The van der Waals surface area contributed by atoms with Crippen LogP contribution in [0.2, 0.25) is 0 Å². The lowest BCUT2D eigenvalue weighted by Gasteiger charge is -2.28. The smallest absolute Gasteiger partial charge is 0.335 e. The Hall–Kier alpha value is -2.54. The lowest BCUT2D eigenvalue weighted by atomic mass is 10.1. The van der Waals surface area contributed by atoms with Crippen LogP contribution in [-0.4, -0.2) is 42.3 Å². The van der Waals surface area contributed by atoms with E-state index in [4.69, 9.17) is 5.11 Å². The zero-order valence-corrected chi connectivity index (χ0v) is 10.5. The van der Waals surface area contributed by atoms with Gasteiger partial charge in [-0.2, -0.15) is 0 Å². The number of aliphatic imine (C=N–C) groups is 1. The van der Waals surface area contributed by atoms with Gasteiger partial charge < -0.3 is 5.11 Å². The van der Waals surface area contributed by atoms with Gasteiger partial charge in [-0.3, -0.25) is 19.9 Å². The zero-order valence-electron chi connectivity index (χ0n) is 10.5. The van der Waals surface area contributed by atoms with Gasteiger partial charge in [0.25, 0.3) is 5.91 Å². The van der Waals surface area contributed by atoms with Gasteiger partial charge in [-0.05, 0) is 12.1 Å². The summed E-state index contributed by atoms with van der Waals surface area (Å²) < 4.78 is 0. The first-order valence-electron chi connectivity index (χ1n) is 6.00. The maximum absolute atomic E-state index is 12.2. The molecule has 1 aromatic rings. The molecular weight excluding hydrogens is 262 g/mol. The number of amides is 4. The maximum Gasteiger partial charge on any atom is 0.335 e. The molecular formula is C13H13N3O4. The van der Waals surface area contributed by atoms with E-state index in [1.807, 2.05) is 0 Å². The van der Waals surface area contributed by atoms with Crippen LogP contribution >= 0.6 is 0 Å². The molecule has 0 spiro atoms. The van der Waals surface area contributed by atoms with E-state index < -0.39 is 23.8 Å². The Kier molecular flexibility index (Phi) is 4.21. The quantitative estimate of drug-likeness (QED) is 0.594. The molecule has 1 saturated heterocycles. The van der Waals surface area contributed by atoms with Crippen molar-refractivity contribution in [3.8, 4) is 0 Å². The van der Waals surface area contributed by atoms with Crippen molar-refractivity contribution in [2.45, 2.75) is 0 Å². The number of hydrogen-bond acceptors (Lipinski definition) is 5. The average molecular weight is 275 g/mol. The number of imide groups is 2. The highest BCUT2D eigenvalue weighted by Gasteiger charge is 2.40. The minimum Gasteiger partial charge on any atom is -0.394 e. The number of hydrogen-bond donors (Lipinski definition) is 2. The number of barbiturate groups is 1. The molecule has 104 valence electrons. The minimum absolute atomic E-state index is 0.0936. The third-order valence-corrected chi connectivity index (χ3v) is 2.70. The molecule has 1 aliphatic rings. The molecule has 7 heteroatoms. The Labute approximate surface area is 114 Å². The van der Waals surface area contributed by atoms with Gasteiger partial charge in [-0.1, -0.05) is 18.2 Å². The van der Waals surface area contributed by atoms with Crippen molar-refractivity contribution in [1.29, 1.82) is 0 Å². The second-order valence-electron chi connectivity index (χ2n) is 4.06. The van der Waals surface area contributed by atoms with Crippen LogP contribution in [0, 0.1) is 5.92 Å². The van der Waals surface area contributed by atoms with E-state index in [9.17, 15) is 14.4 Å². The second kappa shape index (κ2) is 6.07. The van der Waals surface area contributed by atoms with E-state index in [0.717, 1.165) is 11.1 Å². The highest BCUT2D eigenvalue weighted by atomic mass is 16.3. The van der Waals surface area contributed by atoms with Gasteiger partial charge in [0.05, 0.1) is 18.8 Å². The van der Waals surface area contributed by atoms with E-state index in [2.05, 4.69) is 10.3 Å². The van der Waals surface area contributed by atoms with Crippen LogP contribution in [0.3, 0.4) is 0 Å². The maximum atomic E-state index is 12.2. The second-order valence-corrected chi connectivity index (χ2v) is 4.06. The van der Waals surface area contributed by atoms with Gasteiger partial charge >= 0.3 is 6.03 Å². The van der Waals surface area contributed by atoms with E-state index in [1.54, 1.807) is 30.3 Å². The zero-order chi connectivity index (χ0) is 14.5. The predicted octanol–water partition coefficient (Wildman–Crippen LogP) is -0.0513. The Balaban J connectivity index is 2.27. The number of nitrogens with zero attached hydrogens (tertiary/aromatic N) is 2. The first kappa shape index (κ1) is 13.9. The van der Waals surface area contributed by atoms with Gasteiger partial charge in [0.15, 0.2) is 5.92 Å². The SMILES string of the molecule is O=C1NC(=O)N(c2ccccc2)C(=O)[C@@H]1C=NCCO. The standard InChI is InChI=1S/C13H13N3O4/c17-7-6-14-8-10-11(18)15-13(20)16(12(10)19)9-4-2-1-3-5-9/h1-5,8,10,17H,6-7H2,(H,15,18,20)/t10-/m1/s1. The molecule has 1 fully saturated rings. The van der Waals surface area contributed by atoms with Crippen LogP contribution < -0.4 is 10.2 Å². The number of nitrogens with one attached hydrogen (secondary N) is 1. The van der Waals surface area contributed by atoms with Crippen LogP contribution in [0.1, 0.15) is 0 Å². The summed E-state index contributed by atoms with van der Waals surface area (Å²) in [4.78, 5) is 40.3. The van der Waals surface area contributed by atoms with Crippen LogP contribution in [0.5, 0.6) is 0 Å². The average Bonchev–Trinajstić information content (AvgIpc) is 2.43. The summed E-state index contributed by atoms with van der Waals surface area (Å²) >= 11 is 0. The molecule has 7 nitrogen and oxygen atoms in total. The summed E-state index contributed by atoms with van der Waals surface area (Å²) in [6.07, 6.45) is 1.15. The topological polar surface area (TPSA) is 99.1 Å². The van der Waals surface area contributed by atoms with Crippen LogP contribution in [-0.2, 0) is 9.59 Å². The fraction of sp³-hybridized carbons (Fsp3) is 0.231. The Morgan fingerprint density at radius 2 is 1.95 bits per heavy atom. The van der Waals surface area contributed by atoms with Crippen molar-refractivity contribution in [3.63, 3.8) is 0 Å². The van der Waals surface area contributed by atoms with Crippen LogP contribution in [0.4, 0.5) is 10.5 Å². The number of anilines is 1. The molecule has 20 heavy (non-hydrogen) atoms. The number of aliphatic hydroxyl groups is 1. The first-order chi connectivity index (χ1) is 9.65. The molecule has 0 bridgehead atoms. The molecule has 0 radical (unpaired) electrons. The number of aliphatic hydroxyl groups excluding tert-OH is 1. The summed E-state index contributed by atoms with van der Waals surface area (Å²) in [6.45, 7) is -0.0866. The van der Waals surface area contributed by atoms with E-state index in [1.165, 1.54) is 0 Å². The monoisotopic (exact) mass is 275 g/mol. The molecule has 1 aromatic carbocycles. The Morgan fingerprint density at radius 3 is 2.60 bits per heavy atom. The number of urea groups is 1. The fourth-order valence-electron chi connectivity index (χ4n) is 1.78. The molecule has 0 saturated carbocycles. The highest BCUT2D eigenvalue weighted by molar-refractivity contribution is 6.32. The lowest BCUT2D eigenvalue weighted by Crippen LogP contribution is -2.58. The predicted molar refractivity (Wildman–Crippen MR) is 71.4 cm³/mol. The molecule has 1 atom stereocenters. The summed E-state index contributed by atoms with van der Waals surface area (Å²) in [5, 5.41) is 10.7. The number of benzene rings is 1. The van der Waals surface area contributed by atoms with Crippen molar-refractivity contribution < 1.29 is 19.5 Å². The lowest BCUT2D eigenvalue weighted by molar-refractivity contribution is -0.131. The highest BCUT2D eigenvalue weighted by Crippen LogP contribution is 2.19. The Bertz CT molecular complexity index is 556. The number of carbonyl (C=O) groups is 3. The third-order valence-electron chi connectivity index (χ3n) is 2.70. The summed E-state index contributed by atoms with van der Waals surface area (Å²) in [5.41, 5.74) is 0.378. The van der Waals surface area contributed by atoms with Crippen LogP contribution in [0.15, 0.2) is 35.3 Å². The third kappa shape index (κ3) is 2.72. The van der Waals surface area contributed by atoms with Crippen molar-refractivity contribution in [1.82, 2.24) is 5.32 Å². The van der Waals surface area contributed by atoms with Gasteiger partial charge in [0.2, 0.25) is 5.91 Å². The summed E-state index contributed by atoms with van der Waals surface area (Å²) in [6, 6.07) is 7.52. The van der Waals surface area contributed by atoms with Gasteiger partial charge in [-0.25, -0.2) is 9.69 Å². The van der Waals surface area contributed by atoms with Crippen molar-refractivity contribution in [2.24, 2.45) is 10.9 Å². The molecule has 2 rings (SSSR count). The van der Waals surface area contributed by atoms with E-state index in [0.29, 0.717) is 5.69 Å². The summed E-state index contributed by atoms with van der Waals surface area (Å²) in [7, 11) is 0. The molecule has 0 unspecified atom stereocenters. The summed E-state index contributed by atoms with van der Waals surface area (Å²) in [5.74, 6) is -2.54. The number of para-hydroxylation sites is 1. The Morgan fingerprint density at radius 1 is 1.25 bits per heavy atom. The molecule has 4 amide bonds. The van der Waals surface area contributed by atoms with Gasteiger partial charge in [-0.15, -0.1) is 0 Å². The van der Waals surface area contributed by atoms with Crippen molar-refractivity contribution in [3.05, 3.63) is 30.3 Å². The molecule has 1 heterocycles. The molecule has 0 aliphatic carbocycles. The normalized spacial score (nSPS) is 19.6. The fourth-order valence-corrected chi connectivity index (χ4v) is 1.78.